The van der Waals surface area contributed by atoms with E-state index in [4.69, 9.17) is 0 Å². The predicted octanol–water partition coefficient (Wildman–Crippen LogP) is 1.64. The van der Waals surface area contributed by atoms with Crippen LogP contribution in [-0.4, -0.2) is 37.0 Å². The first kappa shape index (κ1) is 15.0. The molecule has 0 bridgehead atoms. The van der Waals surface area contributed by atoms with Crippen molar-refractivity contribution in [2.24, 2.45) is 7.05 Å². The monoisotopic (exact) mass is 294 g/mol. The van der Waals surface area contributed by atoms with Crippen LogP contribution in [0.1, 0.15) is 25.0 Å². The van der Waals surface area contributed by atoms with Crippen LogP contribution in [0.5, 0.6) is 0 Å². The molecule has 2 N–H and O–H groups in total. The molecule has 2 unspecified atom stereocenters. The molecule has 0 saturated carbocycles. The van der Waals surface area contributed by atoms with Gasteiger partial charge in [0, 0.05) is 25.1 Å². The lowest BCUT2D eigenvalue weighted by atomic mass is 10.0. The maximum Gasteiger partial charge on any atom is 0.185 e. The standard InChI is InChI=1S/C14H18N2O3S/c1-9(17)20-6-5-13(18)14(19)10-3-4-11-8-15-16(2)12(11)7-10/h3-4,7-8,13-14,18-19H,5-6H2,1-2H3. The van der Waals surface area contributed by atoms with Crippen molar-refractivity contribution in [1.29, 1.82) is 0 Å². The van der Waals surface area contributed by atoms with Crippen molar-refractivity contribution < 1.29 is 15.0 Å². The summed E-state index contributed by atoms with van der Waals surface area (Å²) in [6.07, 6.45) is 0.287. The number of rotatable bonds is 5. The molecule has 0 fully saturated rings. The summed E-state index contributed by atoms with van der Waals surface area (Å²) in [6.45, 7) is 1.49. The fourth-order valence-electron chi connectivity index (χ4n) is 2.05. The van der Waals surface area contributed by atoms with Crippen LogP contribution in [0.2, 0.25) is 0 Å². The van der Waals surface area contributed by atoms with E-state index < -0.39 is 12.2 Å². The Bertz CT molecular complexity index is 611. The Kier molecular flexibility index (Phi) is 4.80. The second-order valence-electron chi connectivity index (χ2n) is 4.73. The van der Waals surface area contributed by atoms with Gasteiger partial charge in [0.05, 0.1) is 17.8 Å². The number of hydrogen-bond donors (Lipinski definition) is 2. The summed E-state index contributed by atoms with van der Waals surface area (Å²) < 4.78 is 1.73. The fourth-order valence-corrected chi connectivity index (χ4v) is 2.70. The molecule has 2 aromatic rings. The van der Waals surface area contributed by atoms with Gasteiger partial charge in [-0.05, 0) is 18.1 Å². The number of aliphatic hydroxyl groups excluding tert-OH is 2. The van der Waals surface area contributed by atoms with Gasteiger partial charge in [0.1, 0.15) is 6.10 Å². The van der Waals surface area contributed by atoms with Crippen LogP contribution in [0.3, 0.4) is 0 Å². The Hall–Kier alpha value is -1.37. The summed E-state index contributed by atoms with van der Waals surface area (Å²) in [6, 6.07) is 5.49. The molecule has 108 valence electrons. The first-order chi connectivity index (χ1) is 9.49. The Balaban J connectivity index is 2.07. The topological polar surface area (TPSA) is 75.3 Å². The minimum Gasteiger partial charge on any atom is -0.390 e. The van der Waals surface area contributed by atoms with Crippen molar-refractivity contribution in [3.8, 4) is 0 Å². The third kappa shape index (κ3) is 3.39. The van der Waals surface area contributed by atoms with E-state index in [0.29, 0.717) is 17.7 Å². The number of carbonyl (C=O) groups is 1. The number of nitrogens with zero attached hydrogens (tertiary/aromatic N) is 2. The molecule has 0 radical (unpaired) electrons. The molecule has 20 heavy (non-hydrogen) atoms. The molecule has 2 rings (SSSR count). The van der Waals surface area contributed by atoms with Gasteiger partial charge in [-0.25, -0.2) is 0 Å². The molecule has 1 aromatic heterocycles. The number of aryl methyl sites for hydroxylation is 1. The Morgan fingerprint density at radius 3 is 2.90 bits per heavy atom. The summed E-state index contributed by atoms with van der Waals surface area (Å²) in [5.74, 6) is 0.502. The van der Waals surface area contributed by atoms with Gasteiger partial charge in [0.2, 0.25) is 0 Å². The second kappa shape index (κ2) is 6.39. The number of fused-ring (bicyclic) bond motifs is 1. The van der Waals surface area contributed by atoms with Gasteiger partial charge in [0.15, 0.2) is 5.12 Å². The summed E-state index contributed by atoms with van der Waals surface area (Å²) in [4.78, 5) is 10.8. The number of aromatic nitrogens is 2. The van der Waals surface area contributed by atoms with E-state index in [1.807, 2.05) is 19.2 Å². The maximum atomic E-state index is 10.8. The second-order valence-corrected chi connectivity index (χ2v) is 6.00. The summed E-state index contributed by atoms with van der Waals surface area (Å²) in [7, 11) is 1.83. The molecule has 0 aliphatic carbocycles. The SMILES string of the molecule is CC(=O)SCCC(O)C(O)c1ccc2cnn(C)c2c1. The first-order valence-electron chi connectivity index (χ1n) is 6.40. The fraction of sp³-hybridized carbons (Fsp3) is 0.429. The molecule has 5 nitrogen and oxygen atoms in total. The molecule has 0 aliphatic heterocycles. The van der Waals surface area contributed by atoms with E-state index in [9.17, 15) is 15.0 Å². The highest BCUT2D eigenvalue weighted by Gasteiger charge is 2.19. The highest BCUT2D eigenvalue weighted by Crippen LogP contribution is 2.24. The number of carbonyl (C=O) groups excluding carboxylic acids is 1. The van der Waals surface area contributed by atoms with E-state index in [2.05, 4.69) is 5.10 Å². The Morgan fingerprint density at radius 1 is 1.45 bits per heavy atom. The lowest BCUT2D eigenvalue weighted by Gasteiger charge is -2.18. The highest BCUT2D eigenvalue weighted by atomic mass is 32.2. The van der Waals surface area contributed by atoms with Crippen LogP contribution in [-0.2, 0) is 11.8 Å². The van der Waals surface area contributed by atoms with Gasteiger partial charge in [-0.3, -0.25) is 9.48 Å². The van der Waals surface area contributed by atoms with Gasteiger partial charge in [-0.1, -0.05) is 23.9 Å². The lowest BCUT2D eigenvalue weighted by molar-refractivity contribution is -0.109. The molecular weight excluding hydrogens is 276 g/mol. The molecule has 0 aliphatic rings. The third-order valence-corrected chi connectivity index (χ3v) is 4.04. The minimum atomic E-state index is -0.957. The zero-order valence-electron chi connectivity index (χ0n) is 11.5. The molecule has 0 spiro atoms. The smallest absolute Gasteiger partial charge is 0.185 e. The van der Waals surface area contributed by atoms with Crippen LogP contribution < -0.4 is 0 Å². The van der Waals surface area contributed by atoms with E-state index in [1.54, 1.807) is 16.9 Å². The van der Waals surface area contributed by atoms with Crippen molar-refractivity contribution in [1.82, 2.24) is 9.78 Å². The van der Waals surface area contributed by atoms with Gasteiger partial charge in [0.25, 0.3) is 0 Å². The zero-order valence-corrected chi connectivity index (χ0v) is 12.3. The molecule has 2 atom stereocenters. The summed E-state index contributed by atoms with van der Waals surface area (Å²) in [5, 5.41) is 25.3. The average Bonchev–Trinajstić information content (AvgIpc) is 2.78. The van der Waals surface area contributed by atoms with Crippen molar-refractivity contribution in [2.75, 3.05) is 5.75 Å². The Morgan fingerprint density at radius 2 is 2.20 bits per heavy atom. The van der Waals surface area contributed by atoms with Crippen LogP contribution in [0, 0.1) is 0 Å². The van der Waals surface area contributed by atoms with Gasteiger partial charge < -0.3 is 10.2 Å². The van der Waals surface area contributed by atoms with Crippen LogP contribution in [0.25, 0.3) is 10.9 Å². The summed E-state index contributed by atoms with van der Waals surface area (Å²) in [5.41, 5.74) is 1.56. The maximum absolute atomic E-state index is 10.8. The van der Waals surface area contributed by atoms with E-state index >= 15 is 0 Å². The van der Waals surface area contributed by atoms with Gasteiger partial charge >= 0.3 is 0 Å². The number of hydrogen-bond acceptors (Lipinski definition) is 5. The predicted molar refractivity (Wildman–Crippen MR) is 79.4 cm³/mol. The molecule has 0 saturated heterocycles. The minimum absolute atomic E-state index is 0.0167. The van der Waals surface area contributed by atoms with Crippen molar-refractivity contribution in [3.63, 3.8) is 0 Å². The zero-order chi connectivity index (χ0) is 14.7. The lowest BCUT2D eigenvalue weighted by Crippen LogP contribution is -2.19. The summed E-state index contributed by atoms with van der Waals surface area (Å²) >= 11 is 1.15. The van der Waals surface area contributed by atoms with E-state index in [-0.39, 0.29) is 5.12 Å². The number of benzene rings is 1. The molecule has 0 amide bonds. The van der Waals surface area contributed by atoms with Crippen LogP contribution >= 0.6 is 11.8 Å². The highest BCUT2D eigenvalue weighted by molar-refractivity contribution is 8.13. The quantitative estimate of drug-likeness (QED) is 0.877. The van der Waals surface area contributed by atoms with E-state index in [1.165, 1.54) is 6.92 Å². The number of thioether (sulfide) groups is 1. The molecule has 1 aromatic carbocycles. The largest absolute Gasteiger partial charge is 0.390 e. The van der Waals surface area contributed by atoms with Crippen LogP contribution in [0.15, 0.2) is 24.4 Å². The van der Waals surface area contributed by atoms with Crippen LogP contribution in [0.4, 0.5) is 0 Å². The Labute approximate surface area is 121 Å². The average molecular weight is 294 g/mol. The van der Waals surface area contributed by atoms with Gasteiger partial charge in [-0.2, -0.15) is 5.10 Å². The van der Waals surface area contributed by atoms with E-state index in [0.717, 1.165) is 22.7 Å². The van der Waals surface area contributed by atoms with Gasteiger partial charge in [-0.15, -0.1) is 0 Å². The molecule has 6 heteroatoms. The van der Waals surface area contributed by atoms with Crippen molar-refractivity contribution >= 4 is 27.8 Å². The molecular formula is C14H18N2O3S. The normalized spacial score (nSPS) is 14.4. The first-order valence-corrected chi connectivity index (χ1v) is 7.38. The van der Waals surface area contributed by atoms with Crippen molar-refractivity contribution in [3.05, 3.63) is 30.0 Å². The van der Waals surface area contributed by atoms with Crippen molar-refractivity contribution in [2.45, 2.75) is 25.6 Å². The number of aliphatic hydroxyl groups is 2. The third-order valence-electron chi connectivity index (χ3n) is 3.20. The molecule has 1 heterocycles.